The maximum absolute atomic E-state index is 12.1. The van der Waals surface area contributed by atoms with Crippen molar-refractivity contribution in [3.63, 3.8) is 0 Å². The van der Waals surface area contributed by atoms with Gasteiger partial charge in [-0.05, 0) is 52.4 Å². The first kappa shape index (κ1) is 16.2. The van der Waals surface area contributed by atoms with Crippen LogP contribution in [0.5, 0.6) is 0 Å². The fourth-order valence-electron chi connectivity index (χ4n) is 1.69. The molecule has 0 heterocycles. The van der Waals surface area contributed by atoms with Crippen molar-refractivity contribution in [1.82, 2.24) is 10.2 Å². The van der Waals surface area contributed by atoms with Crippen LogP contribution in [0.15, 0.2) is 28.7 Å². The molecule has 0 fully saturated rings. The molecule has 3 nitrogen and oxygen atoms in total. The first-order valence-corrected chi connectivity index (χ1v) is 7.25. The molecule has 0 aliphatic rings. The predicted octanol–water partition coefficient (Wildman–Crippen LogP) is 3.18. The van der Waals surface area contributed by atoms with E-state index in [0.717, 1.165) is 11.0 Å². The van der Waals surface area contributed by atoms with E-state index in [1.807, 2.05) is 51.8 Å². The van der Waals surface area contributed by atoms with E-state index in [1.165, 1.54) is 5.56 Å². The Morgan fingerprint density at radius 2 is 1.84 bits per heavy atom. The Kier molecular flexibility index (Phi) is 5.56. The van der Waals surface area contributed by atoms with Crippen LogP contribution < -0.4 is 5.32 Å². The van der Waals surface area contributed by atoms with Crippen LogP contribution in [-0.4, -0.2) is 29.4 Å². The highest BCUT2D eigenvalue weighted by Crippen LogP contribution is 2.13. The minimum absolute atomic E-state index is 0.0621. The molecule has 19 heavy (non-hydrogen) atoms. The second-order valence-electron chi connectivity index (χ2n) is 5.96. The van der Waals surface area contributed by atoms with Crippen molar-refractivity contribution >= 4 is 21.8 Å². The Hall–Kier alpha value is -0.870. The Morgan fingerprint density at radius 3 is 2.32 bits per heavy atom. The molecule has 0 spiro atoms. The van der Waals surface area contributed by atoms with Gasteiger partial charge in [0.15, 0.2) is 0 Å². The number of amides is 1. The van der Waals surface area contributed by atoms with E-state index in [9.17, 15) is 4.79 Å². The van der Waals surface area contributed by atoms with Crippen LogP contribution >= 0.6 is 15.9 Å². The van der Waals surface area contributed by atoms with Gasteiger partial charge < -0.3 is 5.32 Å². The molecule has 0 bridgehead atoms. The highest BCUT2D eigenvalue weighted by Gasteiger charge is 2.22. The number of hydrogen-bond donors (Lipinski definition) is 1. The summed E-state index contributed by atoms with van der Waals surface area (Å²) in [7, 11) is 1.97. The largest absolute Gasteiger partial charge is 0.350 e. The van der Waals surface area contributed by atoms with Gasteiger partial charge in [-0.25, -0.2) is 0 Å². The zero-order valence-corrected chi connectivity index (χ0v) is 13.9. The number of hydrogen-bond acceptors (Lipinski definition) is 2. The molecule has 0 aliphatic heterocycles. The first-order chi connectivity index (χ1) is 8.69. The third-order valence-corrected chi connectivity index (χ3v) is 3.41. The zero-order chi connectivity index (χ0) is 14.6. The summed E-state index contributed by atoms with van der Waals surface area (Å²) in [6, 6.07) is 8.01. The second kappa shape index (κ2) is 6.53. The minimum Gasteiger partial charge on any atom is -0.350 e. The fraction of sp³-hybridized carbons (Fsp3) is 0.533. The average Bonchev–Trinajstić information content (AvgIpc) is 2.28. The van der Waals surface area contributed by atoms with E-state index in [-0.39, 0.29) is 17.5 Å². The number of carbonyl (C=O) groups excluding carboxylic acids is 1. The first-order valence-electron chi connectivity index (χ1n) is 6.46. The van der Waals surface area contributed by atoms with Gasteiger partial charge in [-0.3, -0.25) is 9.69 Å². The molecular formula is C15H23BrN2O. The van der Waals surface area contributed by atoms with Crippen molar-refractivity contribution in [2.75, 3.05) is 7.05 Å². The van der Waals surface area contributed by atoms with E-state index in [1.54, 1.807) is 0 Å². The van der Waals surface area contributed by atoms with Gasteiger partial charge in [-0.15, -0.1) is 0 Å². The van der Waals surface area contributed by atoms with Crippen molar-refractivity contribution in [2.45, 2.75) is 45.8 Å². The van der Waals surface area contributed by atoms with Crippen LogP contribution in [0.25, 0.3) is 0 Å². The molecule has 0 saturated carbocycles. The number of nitrogens with one attached hydrogen (secondary N) is 1. The van der Waals surface area contributed by atoms with Gasteiger partial charge in [0.2, 0.25) is 5.91 Å². The Balaban J connectivity index is 2.59. The molecule has 0 radical (unpaired) electrons. The number of halogens is 1. The maximum Gasteiger partial charge on any atom is 0.237 e. The summed E-state index contributed by atoms with van der Waals surface area (Å²) in [6.07, 6.45) is 0. The fourth-order valence-corrected chi connectivity index (χ4v) is 1.95. The standard InChI is InChI=1S/C15H23BrN2O/c1-11(14(19)17-15(2,3)4)18(5)10-12-6-8-13(16)9-7-12/h6-9,11H,10H2,1-5H3,(H,17,19). The SMILES string of the molecule is CC(C(=O)NC(C)(C)C)N(C)Cc1ccc(Br)cc1. The summed E-state index contributed by atoms with van der Waals surface area (Å²) < 4.78 is 1.07. The summed E-state index contributed by atoms with van der Waals surface area (Å²) in [5.74, 6) is 0.0621. The number of rotatable bonds is 4. The average molecular weight is 327 g/mol. The van der Waals surface area contributed by atoms with Crippen LogP contribution in [0.3, 0.4) is 0 Å². The van der Waals surface area contributed by atoms with Gasteiger partial charge in [-0.2, -0.15) is 0 Å². The third-order valence-electron chi connectivity index (χ3n) is 2.88. The summed E-state index contributed by atoms with van der Waals surface area (Å²) in [5, 5.41) is 3.01. The second-order valence-corrected chi connectivity index (χ2v) is 6.87. The lowest BCUT2D eigenvalue weighted by Gasteiger charge is -2.28. The van der Waals surface area contributed by atoms with Gasteiger partial charge in [-0.1, -0.05) is 28.1 Å². The Labute approximate surface area is 124 Å². The number of likely N-dealkylation sites (N-methyl/N-ethyl adjacent to an activating group) is 1. The lowest BCUT2D eigenvalue weighted by Crippen LogP contribution is -2.49. The molecule has 106 valence electrons. The molecule has 0 aliphatic carbocycles. The molecule has 4 heteroatoms. The summed E-state index contributed by atoms with van der Waals surface area (Å²) in [5.41, 5.74) is 1.00. The number of benzene rings is 1. The van der Waals surface area contributed by atoms with Crippen molar-refractivity contribution in [3.05, 3.63) is 34.3 Å². The molecule has 0 saturated heterocycles. The molecule has 1 aromatic rings. The Bertz CT molecular complexity index is 423. The van der Waals surface area contributed by atoms with E-state index in [0.29, 0.717) is 0 Å². The van der Waals surface area contributed by atoms with Crippen molar-refractivity contribution < 1.29 is 4.79 Å². The topological polar surface area (TPSA) is 32.3 Å². The lowest BCUT2D eigenvalue weighted by molar-refractivity contribution is -0.127. The van der Waals surface area contributed by atoms with Crippen LogP contribution in [0.2, 0.25) is 0 Å². The normalized spacial score (nSPS) is 13.4. The molecule has 1 aromatic carbocycles. The van der Waals surface area contributed by atoms with Crippen molar-refractivity contribution in [3.8, 4) is 0 Å². The van der Waals surface area contributed by atoms with E-state index in [4.69, 9.17) is 0 Å². The summed E-state index contributed by atoms with van der Waals surface area (Å²) >= 11 is 3.42. The van der Waals surface area contributed by atoms with Gasteiger partial charge in [0.1, 0.15) is 0 Å². The molecule has 0 aromatic heterocycles. The van der Waals surface area contributed by atoms with Gasteiger partial charge in [0.05, 0.1) is 6.04 Å². The number of carbonyl (C=O) groups is 1. The molecule has 1 amide bonds. The van der Waals surface area contributed by atoms with Gasteiger partial charge in [0, 0.05) is 16.6 Å². The van der Waals surface area contributed by atoms with Crippen LogP contribution in [0.4, 0.5) is 0 Å². The van der Waals surface area contributed by atoms with E-state index < -0.39 is 0 Å². The third kappa shape index (κ3) is 5.74. The molecule has 1 rings (SSSR count). The zero-order valence-electron chi connectivity index (χ0n) is 12.3. The van der Waals surface area contributed by atoms with Crippen molar-refractivity contribution in [2.24, 2.45) is 0 Å². The maximum atomic E-state index is 12.1. The number of nitrogens with zero attached hydrogens (tertiary/aromatic N) is 1. The van der Waals surface area contributed by atoms with Gasteiger partial charge >= 0.3 is 0 Å². The van der Waals surface area contributed by atoms with Crippen molar-refractivity contribution in [1.29, 1.82) is 0 Å². The van der Waals surface area contributed by atoms with Gasteiger partial charge in [0.25, 0.3) is 0 Å². The van der Waals surface area contributed by atoms with Crippen LogP contribution in [0, 0.1) is 0 Å². The monoisotopic (exact) mass is 326 g/mol. The molecule has 1 unspecified atom stereocenters. The van der Waals surface area contributed by atoms with Crippen LogP contribution in [0.1, 0.15) is 33.3 Å². The molecule has 1 N–H and O–H groups in total. The lowest BCUT2D eigenvalue weighted by atomic mass is 10.1. The Morgan fingerprint density at radius 1 is 1.32 bits per heavy atom. The summed E-state index contributed by atoms with van der Waals surface area (Å²) in [4.78, 5) is 14.1. The van der Waals surface area contributed by atoms with Crippen LogP contribution in [-0.2, 0) is 11.3 Å². The highest BCUT2D eigenvalue weighted by molar-refractivity contribution is 9.10. The summed E-state index contributed by atoms with van der Waals surface area (Å²) in [6.45, 7) is 8.66. The smallest absolute Gasteiger partial charge is 0.237 e. The molecule has 1 atom stereocenters. The highest BCUT2D eigenvalue weighted by atomic mass is 79.9. The minimum atomic E-state index is -0.191. The molecular weight excluding hydrogens is 304 g/mol. The quantitative estimate of drug-likeness (QED) is 0.921. The van der Waals surface area contributed by atoms with E-state index in [2.05, 4.69) is 33.4 Å². The van der Waals surface area contributed by atoms with E-state index >= 15 is 0 Å². The predicted molar refractivity (Wildman–Crippen MR) is 83.0 cm³/mol.